The van der Waals surface area contributed by atoms with E-state index in [9.17, 15) is 4.39 Å². The lowest BCUT2D eigenvalue weighted by Gasteiger charge is -2.11. The summed E-state index contributed by atoms with van der Waals surface area (Å²) in [7, 11) is 2.01. The van der Waals surface area contributed by atoms with Crippen molar-refractivity contribution in [3.63, 3.8) is 0 Å². The van der Waals surface area contributed by atoms with Crippen molar-refractivity contribution in [2.45, 2.75) is 27.7 Å². The Kier molecular flexibility index (Phi) is 3.48. The first-order valence-corrected chi connectivity index (χ1v) is 7.55. The summed E-state index contributed by atoms with van der Waals surface area (Å²) in [5, 5.41) is 0.666. The van der Waals surface area contributed by atoms with Crippen molar-refractivity contribution in [2.75, 3.05) is 0 Å². The SMILES string of the molecule is Cc1cc(C)c(C)c(-c2cc(F)c3ccc(C)cc3[n+]2C)c1. The van der Waals surface area contributed by atoms with Crippen LogP contribution < -0.4 is 4.57 Å². The molecule has 0 atom stereocenters. The summed E-state index contributed by atoms with van der Waals surface area (Å²) in [6, 6.07) is 11.8. The molecule has 3 aromatic rings. The summed E-state index contributed by atoms with van der Waals surface area (Å²) in [6.07, 6.45) is 0. The molecule has 1 heterocycles. The highest BCUT2D eigenvalue weighted by Crippen LogP contribution is 2.28. The third-order valence-corrected chi connectivity index (χ3v) is 4.48. The molecule has 0 fully saturated rings. The smallest absolute Gasteiger partial charge is 0.206 e. The maximum Gasteiger partial charge on any atom is 0.216 e. The van der Waals surface area contributed by atoms with Crippen LogP contribution in [-0.2, 0) is 7.05 Å². The summed E-state index contributed by atoms with van der Waals surface area (Å²) < 4.78 is 16.7. The van der Waals surface area contributed by atoms with Gasteiger partial charge in [-0.2, -0.15) is 4.57 Å². The van der Waals surface area contributed by atoms with E-state index in [0.29, 0.717) is 5.39 Å². The van der Waals surface area contributed by atoms with Gasteiger partial charge in [0.25, 0.3) is 0 Å². The van der Waals surface area contributed by atoms with E-state index in [1.807, 2.05) is 32.2 Å². The summed E-state index contributed by atoms with van der Waals surface area (Å²) in [5.41, 5.74) is 7.71. The first kappa shape index (κ1) is 14.7. The summed E-state index contributed by atoms with van der Waals surface area (Å²) in [5.74, 6) is -0.165. The van der Waals surface area contributed by atoms with Crippen molar-refractivity contribution in [3.05, 3.63) is 64.5 Å². The van der Waals surface area contributed by atoms with Gasteiger partial charge in [0.2, 0.25) is 11.2 Å². The zero-order valence-electron chi connectivity index (χ0n) is 13.8. The van der Waals surface area contributed by atoms with Crippen molar-refractivity contribution in [1.29, 1.82) is 0 Å². The van der Waals surface area contributed by atoms with Gasteiger partial charge in [-0.1, -0.05) is 17.7 Å². The van der Waals surface area contributed by atoms with Gasteiger partial charge in [0.15, 0.2) is 0 Å². The molecule has 0 N–H and O–H groups in total. The van der Waals surface area contributed by atoms with Gasteiger partial charge >= 0.3 is 0 Å². The molecule has 2 heteroatoms. The number of halogens is 1. The van der Waals surface area contributed by atoms with Crippen molar-refractivity contribution in [2.24, 2.45) is 7.05 Å². The molecular weight excluding hydrogens is 273 g/mol. The third kappa shape index (κ3) is 2.29. The van der Waals surface area contributed by atoms with E-state index in [0.717, 1.165) is 22.3 Å². The van der Waals surface area contributed by atoms with Gasteiger partial charge < -0.3 is 0 Å². The number of fused-ring (bicyclic) bond motifs is 1. The number of nitrogens with zero attached hydrogens (tertiary/aromatic N) is 1. The molecule has 0 spiro atoms. The Balaban J connectivity index is 2.40. The van der Waals surface area contributed by atoms with Gasteiger partial charge in [-0.3, -0.25) is 0 Å². The highest BCUT2D eigenvalue weighted by molar-refractivity contribution is 5.79. The molecule has 0 aliphatic heterocycles. The zero-order valence-corrected chi connectivity index (χ0v) is 13.8. The quantitative estimate of drug-likeness (QED) is 0.573. The first-order chi connectivity index (χ1) is 10.4. The van der Waals surface area contributed by atoms with E-state index in [-0.39, 0.29) is 5.82 Å². The predicted octanol–water partition coefficient (Wildman–Crippen LogP) is 4.70. The van der Waals surface area contributed by atoms with Crippen LogP contribution in [0.2, 0.25) is 0 Å². The Bertz CT molecular complexity index is 894. The fourth-order valence-electron chi connectivity index (χ4n) is 3.11. The average molecular weight is 294 g/mol. The molecular formula is C20H21FN+. The Hall–Kier alpha value is -2.22. The van der Waals surface area contributed by atoms with Crippen molar-refractivity contribution in [3.8, 4) is 11.3 Å². The monoisotopic (exact) mass is 294 g/mol. The van der Waals surface area contributed by atoms with Crippen molar-refractivity contribution in [1.82, 2.24) is 0 Å². The number of pyridine rings is 1. The average Bonchev–Trinajstić information content (AvgIpc) is 2.46. The molecule has 0 bridgehead atoms. The summed E-state index contributed by atoms with van der Waals surface area (Å²) in [4.78, 5) is 0. The fraction of sp³-hybridized carbons (Fsp3) is 0.250. The number of benzene rings is 2. The van der Waals surface area contributed by atoms with Crippen molar-refractivity contribution >= 4 is 10.9 Å². The lowest BCUT2D eigenvalue weighted by molar-refractivity contribution is -0.633. The molecule has 0 saturated heterocycles. The second kappa shape index (κ2) is 5.20. The summed E-state index contributed by atoms with van der Waals surface area (Å²) >= 11 is 0. The van der Waals surface area contributed by atoms with E-state index in [2.05, 4.69) is 37.5 Å². The number of hydrogen-bond donors (Lipinski definition) is 0. The molecule has 0 aliphatic rings. The Morgan fingerprint density at radius 1 is 0.864 bits per heavy atom. The topological polar surface area (TPSA) is 3.88 Å². The Morgan fingerprint density at radius 2 is 1.59 bits per heavy atom. The van der Waals surface area contributed by atoms with Crippen molar-refractivity contribution < 1.29 is 8.96 Å². The van der Waals surface area contributed by atoms with E-state index < -0.39 is 0 Å². The second-order valence-corrected chi connectivity index (χ2v) is 6.21. The molecule has 0 radical (unpaired) electrons. The van der Waals surface area contributed by atoms with E-state index in [4.69, 9.17) is 0 Å². The van der Waals surface area contributed by atoms with Gasteiger partial charge in [0.1, 0.15) is 12.9 Å². The molecule has 2 aromatic carbocycles. The highest BCUT2D eigenvalue weighted by Gasteiger charge is 2.20. The number of rotatable bonds is 1. The van der Waals surface area contributed by atoms with E-state index in [1.165, 1.54) is 16.7 Å². The minimum absolute atomic E-state index is 0.165. The van der Waals surface area contributed by atoms with E-state index >= 15 is 0 Å². The molecule has 0 unspecified atom stereocenters. The standard InChI is InChI=1S/C20H21FN/c1-12-6-7-16-18(21)11-20(22(5)19(16)10-12)17-9-13(2)8-14(3)15(17)4/h6-11H,1-5H3/q+1. The van der Waals surface area contributed by atoms with Gasteiger partial charge in [0.05, 0.1) is 5.39 Å². The fourth-order valence-corrected chi connectivity index (χ4v) is 3.11. The van der Waals surface area contributed by atoms with Crippen LogP contribution in [0.5, 0.6) is 0 Å². The van der Waals surface area contributed by atoms with Crippen LogP contribution in [0.1, 0.15) is 22.3 Å². The molecule has 0 aliphatic carbocycles. The first-order valence-electron chi connectivity index (χ1n) is 7.55. The lowest BCUT2D eigenvalue weighted by atomic mass is 9.96. The summed E-state index contributed by atoms with van der Waals surface area (Å²) in [6.45, 7) is 8.32. The van der Waals surface area contributed by atoms with Gasteiger partial charge in [0, 0.05) is 17.7 Å². The minimum atomic E-state index is -0.165. The molecule has 1 nitrogen and oxygen atoms in total. The van der Waals surface area contributed by atoms with Crippen LogP contribution in [-0.4, -0.2) is 0 Å². The Morgan fingerprint density at radius 3 is 2.32 bits per heavy atom. The maximum atomic E-state index is 14.6. The maximum absolute atomic E-state index is 14.6. The van der Waals surface area contributed by atoms with Crippen LogP contribution in [0, 0.1) is 33.5 Å². The number of aromatic nitrogens is 1. The van der Waals surface area contributed by atoms with Crippen LogP contribution >= 0.6 is 0 Å². The van der Waals surface area contributed by atoms with Crippen LogP contribution in [0.4, 0.5) is 4.39 Å². The predicted molar refractivity (Wildman–Crippen MR) is 89.5 cm³/mol. The molecule has 1 aromatic heterocycles. The third-order valence-electron chi connectivity index (χ3n) is 4.48. The van der Waals surface area contributed by atoms with Gasteiger partial charge in [-0.15, -0.1) is 0 Å². The number of aryl methyl sites for hydroxylation is 4. The van der Waals surface area contributed by atoms with Crippen LogP contribution in [0.15, 0.2) is 36.4 Å². The molecule has 3 rings (SSSR count). The Labute approximate surface area is 131 Å². The number of hydrogen-bond acceptors (Lipinski definition) is 0. The highest BCUT2D eigenvalue weighted by atomic mass is 19.1. The van der Waals surface area contributed by atoms with Crippen LogP contribution in [0.3, 0.4) is 0 Å². The van der Waals surface area contributed by atoms with E-state index in [1.54, 1.807) is 6.07 Å². The molecule has 22 heavy (non-hydrogen) atoms. The largest absolute Gasteiger partial charge is 0.216 e. The minimum Gasteiger partial charge on any atom is -0.206 e. The normalized spacial score (nSPS) is 11.2. The zero-order chi connectivity index (χ0) is 16.0. The second-order valence-electron chi connectivity index (χ2n) is 6.21. The molecule has 112 valence electrons. The van der Waals surface area contributed by atoms with Crippen LogP contribution in [0.25, 0.3) is 22.2 Å². The lowest BCUT2D eigenvalue weighted by Crippen LogP contribution is -2.33. The molecule has 0 saturated carbocycles. The van der Waals surface area contributed by atoms with Gasteiger partial charge in [-0.05, 0) is 56.5 Å². The van der Waals surface area contributed by atoms with Gasteiger partial charge in [-0.25, -0.2) is 4.39 Å². The molecule has 0 amide bonds.